The van der Waals surface area contributed by atoms with E-state index >= 15 is 0 Å². The van der Waals surface area contributed by atoms with Crippen LogP contribution in [0.4, 0.5) is 14.9 Å². The van der Waals surface area contributed by atoms with Gasteiger partial charge in [-0.3, -0.25) is 4.79 Å². The van der Waals surface area contributed by atoms with Crippen LogP contribution in [0.15, 0.2) is 42.5 Å². The van der Waals surface area contributed by atoms with E-state index in [1.165, 1.54) is 6.07 Å². The molecule has 1 atom stereocenters. The molecule has 3 N–H and O–H groups in total. The van der Waals surface area contributed by atoms with Gasteiger partial charge in [-0.25, -0.2) is 9.18 Å². The zero-order valence-corrected chi connectivity index (χ0v) is 15.0. The summed E-state index contributed by atoms with van der Waals surface area (Å²) in [6.07, 6.45) is 1.23. The molecule has 0 saturated carbocycles. The van der Waals surface area contributed by atoms with Crippen LogP contribution < -0.4 is 20.7 Å². The minimum atomic E-state index is -0.459. The van der Waals surface area contributed by atoms with Gasteiger partial charge in [0.1, 0.15) is 11.6 Å². The van der Waals surface area contributed by atoms with Crippen LogP contribution in [0.3, 0.4) is 0 Å². The van der Waals surface area contributed by atoms with E-state index in [0.717, 1.165) is 11.3 Å². The zero-order valence-electron chi connectivity index (χ0n) is 15.0. The molecule has 1 unspecified atom stereocenters. The van der Waals surface area contributed by atoms with Crippen molar-refractivity contribution in [1.82, 2.24) is 10.6 Å². The summed E-state index contributed by atoms with van der Waals surface area (Å²) in [4.78, 5) is 24.0. The van der Waals surface area contributed by atoms with Gasteiger partial charge >= 0.3 is 6.03 Å². The number of hydrogen-bond donors (Lipinski definition) is 3. The monoisotopic (exact) mass is 371 g/mol. The van der Waals surface area contributed by atoms with Crippen molar-refractivity contribution in [2.24, 2.45) is 0 Å². The average molecular weight is 371 g/mol. The Morgan fingerprint density at radius 1 is 1.19 bits per heavy atom. The summed E-state index contributed by atoms with van der Waals surface area (Å²) in [6, 6.07) is 11.1. The van der Waals surface area contributed by atoms with Crippen LogP contribution in [0, 0.1) is 5.82 Å². The molecule has 142 valence electrons. The third kappa shape index (κ3) is 4.75. The van der Waals surface area contributed by atoms with E-state index in [0.29, 0.717) is 30.7 Å². The van der Waals surface area contributed by atoms with Gasteiger partial charge in [0.25, 0.3) is 0 Å². The van der Waals surface area contributed by atoms with Crippen molar-refractivity contribution >= 4 is 17.6 Å². The first-order valence-electron chi connectivity index (χ1n) is 8.91. The Morgan fingerprint density at radius 2 is 1.96 bits per heavy atom. The highest BCUT2D eigenvalue weighted by Crippen LogP contribution is 2.32. The molecule has 0 spiro atoms. The van der Waals surface area contributed by atoms with Crippen molar-refractivity contribution in [3.63, 3.8) is 0 Å². The van der Waals surface area contributed by atoms with Gasteiger partial charge in [-0.2, -0.15) is 0 Å². The van der Waals surface area contributed by atoms with Gasteiger partial charge in [-0.15, -0.1) is 0 Å². The fraction of sp³-hybridized carbons (Fsp3) is 0.300. The van der Waals surface area contributed by atoms with Gasteiger partial charge < -0.3 is 20.7 Å². The van der Waals surface area contributed by atoms with Gasteiger partial charge in [0.05, 0.1) is 19.2 Å². The second kappa shape index (κ2) is 8.53. The Morgan fingerprint density at radius 3 is 2.70 bits per heavy atom. The molecule has 0 heterocycles. The van der Waals surface area contributed by atoms with Crippen molar-refractivity contribution in [1.29, 1.82) is 0 Å². The van der Waals surface area contributed by atoms with Crippen molar-refractivity contribution in [3.8, 4) is 5.75 Å². The second-order valence-corrected chi connectivity index (χ2v) is 6.23. The molecule has 0 fully saturated rings. The molecule has 7 heteroatoms. The number of fused-ring (bicyclic) bond motifs is 1. The summed E-state index contributed by atoms with van der Waals surface area (Å²) in [5.74, 6) is 0.139. The standard InChI is InChI=1S/C20H22FN3O3/c1-2-27-14-8-6-13(7-9-14)23-19(25)12-22-20(26)24-18-11-10-15-16(18)4-3-5-17(15)21/h3-9,18H,2,10-12H2,1H3,(H,23,25)(H2,22,24,26). The molecular formula is C20H22FN3O3. The van der Waals surface area contributed by atoms with Crippen molar-refractivity contribution in [2.75, 3.05) is 18.5 Å². The van der Waals surface area contributed by atoms with E-state index < -0.39 is 6.03 Å². The van der Waals surface area contributed by atoms with Crippen molar-refractivity contribution < 1.29 is 18.7 Å². The fourth-order valence-corrected chi connectivity index (χ4v) is 3.14. The number of carbonyl (C=O) groups excluding carboxylic acids is 2. The quantitative estimate of drug-likeness (QED) is 0.730. The first-order valence-corrected chi connectivity index (χ1v) is 8.91. The van der Waals surface area contributed by atoms with Crippen LogP contribution in [0.5, 0.6) is 5.75 Å². The maximum absolute atomic E-state index is 13.7. The van der Waals surface area contributed by atoms with Crippen molar-refractivity contribution in [2.45, 2.75) is 25.8 Å². The van der Waals surface area contributed by atoms with E-state index in [2.05, 4.69) is 16.0 Å². The maximum atomic E-state index is 13.7. The van der Waals surface area contributed by atoms with E-state index in [-0.39, 0.29) is 24.3 Å². The van der Waals surface area contributed by atoms with Crippen LogP contribution in [0.2, 0.25) is 0 Å². The number of halogens is 1. The summed E-state index contributed by atoms with van der Waals surface area (Å²) >= 11 is 0. The van der Waals surface area contributed by atoms with Crippen LogP contribution in [-0.4, -0.2) is 25.1 Å². The first kappa shape index (κ1) is 18.7. The van der Waals surface area contributed by atoms with Gasteiger partial charge in [-0.05, 0) is 61.2 Å². The highest BCUT2D eigenvalue weighted by molar-refractivity contribution is 5.94. The number of anilines is 1. The summed E-state index contributed by atoms with van der Waals surface area (Å²) in [5.41, 5.74) is 2.06. The van der Waals surface area contributed by atoms with E-state index in [9.17, 15) is 14.0 Å². The molecule has 0 saturated heterocycles. The summed E-state index contributed by atoms with van der Waals surface area (Å²) in [7, 11) is 0. The lowest BCUT2D eigenvalue weighted by molar-refractivity contribution is -0.115. The Bertz CT molecular complexity index is 824. The molecule has 0 aromatic heterocycles. The Labute approximate surface area is 157 Å². The predicted molar refractivity (Wildman–Crippen MR) is 100 cm³/mol. The number of nitrogens with one attached hydrogen (secondary N) is 3. The smallest absolute Gasteiger partial charge is 0.315 e. The number of rotatable bonds is 6. The minimum Gasteiger partial charge on any atom is -0.494 e. The topological polar surface area (TPSA) is 79.5 Å². The molecule has 0 bridgehead atoms. The summed E-state index contributed by atoms with van der Waals surface area (Å²) in [6.45, 7) is 2.30. The molecule has 3 rings (SSSR count). The van der Waals surface area contributed by atoms with Crippen LogP contribution in [-0.2, 0) is 11.2 Å². The predicted octanol–water partition coefficient (Wildman–Crippen LogP) is 3.15. The third-order valence-electron chi connectivity index (χ3n) is 4.38. The van der Waals surface area contributed by atoms with Crippen LogP contribution >= 0.6 is 0 Å². The summed E-state index contributed by atoms with van der Waals surface area (Å²) in [5, 5.41) is 8.01. The van der Waals surface area contributed by atoms with Crippen molar-refractivity contribution in [3.05, 3.63) is 59.4 Å². The van der Waals surface area contributed by atoms with Gasteiger partial charge in [0.15, 0.2) is 0 Å². The van der Waals surface area contributed by atoms with Gasteiger partial charge in [-0.1, -0.05) is 12.1 Å². The molecule has 1 aliphatic rings. The number of benzene rings is 2. The Kier molecular flexibility index (Phi) is 5.90. The second-order valence-electron chi connectivity index (χ2n) is 6.23. The zero-order chi connectivity index (χ0) is 19.2. The molecule has 0 aliphatic heterocycles. The molecule has 27 heavy (non-hydrogen) atoms. The number of carbonyl (C=O) groups is 2. The molecule has 2 aromatic carbocycles. The lowest BCUT2D eigenvalue weighted by Gasteiger charge is -2.15. The van der Waals surface area contributed by atoms with Crippen LogP contribution in [0.25, 0.3) is 0 Å². The minimum absolute atomic E-state index is 0.165. The maximum Gasteiger partial charge on any atom is 0.315 e. The molecular weight excluding hydrogens is 349 g/mol. The molecule has 1 aliphatic carbocycles. The van der Waals surface area contributed by atoms with Crippen LogP contribution in [0.1, 0.15) is 30.5 Å². The molecule has 6 nitrogen and oxygen atoms in total. The van der Waals surface area contributed by atoms with Gasteiger partial charge in [0, 0.05) is 5.69 Å². The third-order valence-corrected chi connectivity index (χ3v) is 4.38. The number of hydrogen-bond acceptors (Lipinski definition) is 3. The number of urea groups is 1. The largest absolute Gasteiger partial charge is 0.494 e. The number of amides is 3. The Hall–Kier alpha value is -3.09. The SMILES string of the molecule is CCOc1ccc(NC(=O)CNC(=O)NC2CCc3c(F)cccc32)cc1. The first-order chi connectivity index (χ1) is 13.1. The molecule has 0 radical (unpaired) electrons. The van der Waals surface area contributed by atoms with Gasteiger partial charge in [0.2, 0.25) is 5.91 Å². The Balaban J connectivity index is 1.46. The summed E-state index contributed by atoms with van der Waals surface area (Å²) < 4.78 is 19.1. The van der Waals surface area contributed by atoms with E-state index in [1.807, 2.05) is 13.0 Å². The molecule has 2 aromatic rings. The van der Waals surface area contributed by atoms with E-state index in [1.54, 1.807) is 30.3 Å². The average Bonchev–Trinajstić information content (AvgIpc) is 3.06. The lowest BCUT2D eigenvalue weighted by atomic mass is 10.1. The lowest BCUT2D eigenvalue weighted by Crippen LogP contribution is -2.41. The highest BCUT2D eigenvalue weighted by Gasteiger charge is 2.26. The highest BCUT2D eigenvalue weighted by atomic mass is 19.1. The molecule has 3 amide bonds. The normalized spacial score (nSPS) is 15.0. The number of ether oxygens (including phenoxy) is 1. The van der Waals surface area contributed by atoms with E-state index in [4.69, 9.17) is 4.74 Å². The fourth-order valence-electron chi connectivity index (χ4n) is 3.14.